The Kier molecular flexibility index (Phi) is 5.43. The molecule has 0 aliphatic rings. The van der Waals surface area contributed by atoms with Crippen LogP contribution >= 0.6 is 27.5 Å². The van der Waals surface area contributed by atoms with Crippen molar-refractivity contribution in [3.8, 4) is 0 Å². The van der Waals surface area contributed by atoms with Crippen molar-refractivity contribution in [2.75, 3.05) is 11.9 Å². The van der Waals surface area contributed by atoms with E-state index in [9.17, 15) is 4.79 Å². The van der Waals surface area contributed by atoms with E-state index in [1.807, 2.05) is 18.2 Å². The summed E-state index contributed by atoms with van der Waals surface area (Å²) < 4.78 is 0. The smallest absolute Gasteiger partial charge is 0.244 e. The summed E-state index contributed by atoms with van der Waals surface area (Å²) in [7, 11) is 0. The largest absolute Gasteiger partial charge is 0.352 e. The number of hydrogen-bond donors (Lipinski definition) is 1. The standard InChI is InChI=1S/C11H11BrClNO/c12-7-8-14-11(15)6-5-9-3-1-2-4-10(9)13/h1-6H,7-8H2,(H,14,15). The monoisotopic (exact) mass is 287 g/mol. The Balaban J connectivity index is 2.58. The van der Waals surface area contributed by atoms with Crippen LogP contribution in [0.25, 0.3) is 6.08 Å². The molecule has 0 bridgehead atoms. The zero-order valence-corrected chi connectivity index (χ0v) is 10.4. The minimum Gasteiger partial charge on any atom is -0.352 e. The van der Waals surface area contributed by atoms with E-state index in [0.717, 1.165) is 10.9 Å². The van der Waals surface area contributed by atoms with E-state index in [4.69, 9.17) is 11.6 Å². The molecule has 0 aromatic heterocycles. The maximum Gasteiger partial charge on any atom is 0.244 e. The SMILES string of the molecule is O=C(C=Cc1ccccc1Cl)NCCBr. The summed E-state index contributed by atoms with van der Waals surface area (Å²) in [5.74, 6) is -0.116. The summed E-state index contributed by atoms with van der Waals surface area (Å²) >= 11 is 9.15. The van der Waals surface area contributed by atoms with Gasteiger partial charge in [0.15, 0.2) is 0 Å². The lowest BCUT2D eigenvalue weighted by Crippen LogP contribution is -2.22. The highest BCUT2D eigenvalue weighted by molar-refractivity contribution is 9.09. The first-order chi connectivity index (χ1) is 7.24. The van der Waals surface area contributed by atoms with E-state index in [1.165, 1.54) is 6.08 Å². The van der Waals surface area contributed by atoms with Gasteiger partial charge in [-0.3, -0.25) is 4.79 Å². The Hall–Kier alpha value is -0.800. The van der Waals surface area contributed by atoms with Crippen LogP contribution in [0.4, 0.5) is 0 Å². The third-order valence-corrected chi connectivity index (χ3v) is 2.45. The lowest BCUT2D eigenvalue weighted by molar-refractivity contribution is -0.116. The molecule has 0 saturated heterocycles. The maximum absolute atomic E-state index is 11.2. The molecule has 0 heterocycles. The maximum atomic E-state index is 11.2. The van der Waals surface area contributed by atoms with Crippen molar-refractivity contribution < 1.29 is 4.79 Å². The molecule has 1 aromatic carbocycles. The first-order valence-electron chi connectivity index (χ1n) is 4.50. The summed E-state index contributed by atoms with van der Waals surface area (Å²) in [6, 6.07) is 7.38. The molecule has 1 N–H and O–H groups in total. The Morgan fingerprint density at radius 3 is 2.87 bits per heavy atom. The molecule has 80 valence electrons. The van der Waals surface area contributed by atoms with Crippen molar-refractivity contribution in [3.63, 3.8) is 0 Å². The quantitative estimate of drug-likeness (QED) is 0.670. The molecule has 0 spiro atoms. The number of halogens is 2. The first kappa shape index (κ1) is 12.3. The summed E-state index contributed by atoms with van der Waals surface area (Å²) in [6.45, 7) is 0.617. The fraction of sp³-hybridized carbons (Fsp3) is 0.182. The average molecular weight is 289 g/mol. The molecule has 1 aromatic rings. The molecule has 0 atom stereocenters. The van der Waals surface area contributed by atoms with E-state index in [1.54, 1.807) is 12.1 Å². The fourth-order valence-electron chi connectivity index (χ4n) is 1.01. The van der Waals surface area contributed by atoms with Crippen molar-refractivity contribution in [2.45, 2.75) is 0 Å². The molecule has 1 amide bonds. The van der Waals surface area contributed by atoms with Gasteiger partial charge in [-0.05, 0) is 17.7 Å². The highest BCUT2D eigenvalue weighted by Crippen LogP contribution is 2.15. The summed E-state index contributed by atoms with van der Waals surface area (Å²) in [4.78, 5) is 11.2. The predicted molar refractivity (Wildman–Crippen MR) is 67.3 cm³/mol. The van der Waals surface area contributed by atoms with Crippen LogP contribution in [0.1, 0.15) is 5.56 Å². The van der Waals surface area contributed by atoms with Crippen molar-refractivity contribution in [2.24, 2.45) is 0 Å². The fourth-order valence-corrected chi connectivity index (χ4v) is 1.40. The molecule has 2 nitrogen and oxygen atoms in total. The Labute approximate surface area is 102 Å². The summed E-state index contributed by atoms with van der Waals surface area (Å²) in [6.07, 6.45) is 3.18. The number of amides is 1. The molecule has 15 heavy (non-hydrogen) atoms. The topological polar surface area (TPSA) is 29.1 Å². The number of hydrogen-bond acceptors (Lipinski definition) is 1. The minimum atomic E-state index is -0.116. The van der Waals surface area contributed by atoms with Gasteiger partial charge in [0.2, 0.25) is 5.91 Å². The summed E-state index contributed by atoms with van der Waals surface area (Å²) in [5, 5.41) is 4.10. The van der Waals surface area contributed by atoms with Gasteiger partial charge in [-0.25, -0.2) is 0 Å². The molecule has 0 unspecified atom stereocenters. The second-order valence-corrected chi connectivity index (χ2v) is 4.04. The predicted octanol–water partition coefficient (Wildman–Crippen LogP) is 2.86. The molecule has 0 radical (unpaired) electrons. The lowest BCUT2D eigenvalue weighted by atomic mass is 10.2. The van der Waals surface area contributed by atoms with E-state index in [2.05, 4.69) is 21.2 Å². The van der Waals surface area contributed by atoms with Crippen LogP contribution in [0.2, 0.25) is 5.02 Å². The van der Waals surface area contributed by atoms with Gasteiger partial charge in [0, 0.05) is 23.0 Å². The van der Waals surface area contributed by atoms with Gasteiger partial charge in [0.25, 0.3) is 0 Å². The second-order valence-electron chi connectivity index (χ2n) is 2.83. The molecule has 0 saturated carbocycles. The zero-order chi connectivity index (χ0) is 11.1. The second kappa shape index (κ2) is 6.64. The highest BCUT2D eigenvalue weighted by atomic mass is 79.9. The summed E-state index contributed by atoms with van der Waals surface area (Å²) in [5.41, 5.74) is 0.841. The van der Waals surface area contributed by atoms with Crippen LogP contribution in [0.15, 0.2) is 30.3 Å². The van der Waals surface area contributed by atoms with E-state index in [0.29, 0.717) is 11.6 Å². The van der Waals surface area contributed by atoms with Gasteiger partial charge in [-0.15, -0.1) is 0 Å². The van der Waals surface area contributed by atoms with Crippen LogP contribution in [0.3, 0.4) is 0 Å². The number of alkyl halides is 1. The normalized spacial score (nSPS) is 10.5. The molecule has 0 aliphatic carbocycles. The number of benzene rings is 1. The number of carbonyl (C=O) groups excluding carboxylic acids is 1. The van der Waals surface area contributed by atoms with Gasteiger partial charge in [0.1, 0.15) is 0 Å². The van der Waals surface area contributed by atoms with Gasteiger partial charge < -0.3 is 5.32 Å². The highest BCUT2D eigenvalue weighted by Gasteiger charge is 1.96. The Bertz CT molecular complexity index is 365. The van der Waals surface area contributed by atoms with Crippen LogP contribution in [-0.4, -0.2) is 17.8 Å². The van der Waals surface area contributed by atoms with Gasteiger partial charge in [0.05, 0.1) is 0 Å². The Morgan fingerprint density at radius 2 is 2.20 bits per heavy atom. The molecular weight excluding hydrogens is 277 g/mol. The van der Waals surface area contributed by atoms with Crippen molar-refractivity contribution in [1.82, 2.24) is 5.32 Å². The zero-order valence-electron chi connectivity index (χ0n) is 8.04. The van der Waals surface area contributed by atoms with Gasteiger partial charge >= 0.3 is 0 Å². The molecule has 0 aliphatic heterocycles. The molecule has 0 fully saturated rings. The first-order valence-corrected chi connectivity index (χ1v) is 6.00. The van der Waals surface area contributed by atoms with E-state index < -0.39 is 0 Å². The van der Waals surface area contributed by atoms with Gasteiger partial charge in [-0.1, -0.05) is 45.7 Å². The number of carbonyl (C=O) groups is 1. The Morgan fingerprint density at radius 1 is 1.47 bits per heavy atom. The minimum absolute atomic E-state index is 0.116. The average Bonchev–Trinajstić information content (AvgIpc) is 2.25. The van der Waals surface area contributed by atoms with Crippen molar-refractivity contribution >= 4 is 39.5 Å². The van der Waals surface area contributed by atoms with E-state index in [-0.39, 0.29) is 5.91 Å². The van der Waals surface area contributed by atoms with Crippen molar-refractivity contribution in [1.29, 1.82) is 0 Å². The third-order valence-electron chi connectivity index (χ3n) is 1.71. The van der Waals surface area contributed by atoms with Gasteiger partial charge in [-0.2, -0.15) is 0 Å². The van der Waals surface area contributed by atoms with Crippen LogP contribution in [0, 0.1) is 0 Å². The van der Waals surface area contributed by atoms with Crippen molar-refractivity contribution in [3.05, 3.63) is 40.9 Å². The third kappa shape index (κ3) is 4.49. The molecular formula is C11H11BrClNO. The van der Waals surface area contributed by atoms with Crippen LogP contribution in [-0.2, 0) is 4.79 Å². The number of nitrogens with one attached hydrogen (secondary N) is 1. The van der Waals surface area contributed by atoms with Crippen LogP contribution < -0.4 is 5.32 Å². The molecule has 1 rings (SSSR count). The lowest BCUT2D eigenvalue weighted by Gasteiger charge is -1.98. The van der Waals surface area contributed by atoms with E-state index >= 15 is 0 Å². The number of rotatable bonds is 4. The van der Waals surface area contributed by atoms with Crippen LogP contribution in [0.5, 0.6) is 0 Å². The molecule has 4 heteroatoms.